The van der Waals surface area contributed by atoms with Crippen molar-refractivity contribution in [1.29, 1.82) is 0 Å². The van der Waals surface area contributed by atoms with Crippen molar-refractivity contribution in [3.8, 4) is 0 Å². The molecule has 7 nitrogen and oxygen atoms in total. The van der Waals surface area contributed by atoms with Crippen LogP contribution >= 0.6 is 0 Å². The van der Waals surface area contributed by atoms with Gasteiger partial charge in [0.1, 0.15) is 18.3 Å². The minimum absolute atomic E-state index is 0.264. The Hall–Kier alpha value is -0.730. The second-order valence-corrected chi connectivity index (χ2v) is 2.46. The smallest absolute Gasteiger partial charge is 0.125 e. The lowest BCUT2D eigenvalue weighted by atomic mass is 10.0. The van der Waals surface area contributed by atoms with Crippen LogP contribution in [0.25, 0.3) is 0 Å². The molecule has 0 aliphatic heterocycles. The molecule has 0 aromatic carbocycles. The SMILES string of the molecule is NN=C(CO)[C@@H](O)[C@H](O)[C@H](O)CO. The third kappa shape index (κ3) is 3.25. The molecule has 0 saturated heterocycles. The van der Waals surface area contributed by atoms with Crippen LogP contribution in [0, 0.1) is 0 Å². The Labute approximate surface area is 74.7 Å². The zero-order chi connectivity index (χ0) is 10.4. The maximum absolute atomic E-state index is 9.19. The molecular formula is C6H14N2O5. The maximum Gasteiger partial charge on any atom is 0.125 e. The van der Waals surface area contributed by atoms with Gasteiger partial charge in [0.25, 0.3) is 0 Å². The highest BCUT2D eigenvalue weighted by molar-refractivity contribution is 5.89. The fraction of sp³-hybridized carbons (Fsp3) is 0.833. The Bertz CT molecular complexity index is 174. The van der Waals surface area contributed by atoms with Crippen molar-refractivity contribution in [2.24, 2.45) is 10.9 Å². The van der Waals surface area contributed by atoms with Crippen LogP contribution in [-0.2, 0) is 0 Å². The Balaban J connectivity index is 4.31. The van der Waals surface area contributed by atoms with Crippen molar-refractivity contribution in [3.63, 3.8) is 0 Å². The van der Waals surface area contributed by atoms with E-state index in [9.17, 15) is 5.11 Å². The van der Waals surface area contributed by atoms with E-state index in [1.54, 1.807) is 0 Å². The molecule has 3 atom stereocenters. The number of nitrogens with two attached hydrogens (primary N) is 1. The predicted octanol–water partition coefficient (Wildman–Crippen LogP) is -3.63. The molecule has 0 spiro atoms. The molecule has 0 fully saturated rings. The van der Waals surface area contributed by atoms with E-state index >= 15 is 0 Å². The zero-order valence-electron chi connectivity index (χ0n) is 6.91. The van der Waals surface area contributed by atoms with E-state index < -0.39 is 31.5 Å². The number of hydrazone groups is 1. The van der Waals surface area contributed by atoms with Gasteiger partial charge in [-0.1, -0.05) is 0 Å². The van der Waals surface area contributed by atoms with Crippen molar-refractivity contribution < 1.29 is 25.5 Å². The van der Waals surface area contributed by atoms with Crippen LogP contribution in [0.15, 0.2) is 5.10 Å². The molecule has 78 valence electrons. The lowest BCUT2D eigenvalue weighted by Crippen LogP contribution is -2.45. The van der Waals surface area contributed by atoms with Crippen molar-refractivity contribution in [2.75, 3.05) is 13.2 Å². The normalized spacial score (nSPS) is 19.6. The Morgan fingerprint density at radius 1 is 1.23 bits per heavy atom. The topological polar surface area (TPSA) is 140 Å². The maximum atomic E-state index is 9.19. The second kappa shape index (κ2) is 5.84. The molecule has 0 aromatic rings. The number of aliphatic hydroxyl groups is 5. The van der Waals surface area contributed by atoms with Gasteiger partial charge in [-0.05, 0) is 0 Å². The molecule has 0 radical (unpaired) electrons. The van der Waals surface area contributed by atoms with E-state index in [1.807, 2.05) is 0 Å². The molecule has 0 unspecified atom stereocenters. The van der Waals surface area contributed by atoms with Crippen LogP contribution in [-0.4, -0.2) is 62.8 Å². The summed E-state index contributed by atoms with van der Waals surface area (Å²) in [6, 6.07) is 0. The molecule has 0 aromatic heterocycles. The number of nitrogens with zero attached hydrogens (tertiary/aromatic N) is 1. The molecule has 0 aliphatic rings. The fourth-order valence-corrected chi connectivity index (χ4v) is 0.726. The molecule has 13 heavy (non-hydrogen) atoms. The summed E-state index contributed by atoms with van der Waals surface area (Å²) in [6.45, 7) is -1.34. The standard InChI is InChI=1S/C6H14N2O5/c7-8-3(1-9)5(12)6(13)4(11)2-10/h4-6,9-13H,1-2,7H2/t4-,5-,6-/m1/s1. The van der Waals surface area contributed by atoms with Crippen LogP contribution in [0.2, 0.25) is 0 Å². The van der Waals surface area contributed by atoms with Crippen LogP contribution in [0.5, 0.6) is 0 Å². The summed E-state index contributed by atoms with van der Waals surface area (Å²) in [5.41, 5.74) is -0.264. The van der Waals surface area contributed by atoms with Gasteiger partial charge in [0.2, 0.25) is 0 Å². The first kappa shape index (κ1) is 12.3. The van der Waals surface area contributed by atoms with Gasteiger partial charge in [-0.3, -0.25) is 0 Å². The summed E-state index contributed by atoms with van der Waals surface area (Å²) in [6.07, 6.45) is -4.71. The molecule has 0 aliphatic carbocycles. The number of rotatable bonds is 5. The summed E-state index contributed by atoms with van der Waals surface area (Å²) in [5.74, 6) is 4.78. The Morgan fingerprint density at radius 3 is 2.08 bits per heavy atom. The van der Waals surface area contributed by atoms with Crippen LogP contribution in [0.4, 0.5) is 0 Å². The van der Waals surface area contributed by atoms with Crippen LogP contribution < -0.4 is 5.84 Å². The first-order valence-electron chi connectivity index (χ1n) is 3.61. The minimum atomic E-state index is -1.63. The molecule has 7 N–H and O–H groups in total. The summed E-state index contributed by atoms with van der Waals surface area (Å²) in [7, 11) is 0. The highest BCUT2D eigenvalue weighted by atomic mass is 16.4. The molecule has 0 amide bonds. The van der Waals surface area contributed by atoms with Crippen molar-refractivity contribution >= 4 is 5.71 Å². The van der Waals surface area contributed by atoms with Gasteiger partial charge in [-0.15, -0.1) is 0 Å². The van der Waals surface area contributed by atoms with Gasteiger partial charge in [0.05, 0.1) is 18.9 Å². The summed E-state index contributed by atoms with van der Waals surface area (Å²) in [4.78, 5) is 0. The highest BCUT2D eigenvalue weighted by Gasteiger charge is 2.27. The summed E-state index contributed by atoms with van der Waals surface area (Å²) < 4.78 is 0. The third-order valence-electron chi connectivity index (χ3n) is 1.57. The Morgan fingerprint density at radius 2 is 1.77 bits per heavy atom. The lowest BCUT2D eigenvalue weighted by molar-refractivity contribution is -0.0564. The average molecular weight is 194 g/mol. The first-order valence-corrected chi connectivity index (χ1v) is 3.61. The van der Waals surface area contributed by atoms with E-state index in [4.69, 9.17) is 26.3 Å². The quantitative estimate of drug-likeness (QED) is 0.152. The number of aliphatic hydroxyl groups excluding tert-OH is 5. The number of hydrogen-bond acceptors (Lipinski definition) is 7. The van der Waals surface area contributed by atoms with Gasteiger partial charge in [0.15, 0.2) is 0 Å². The summed E-state index contributed by atoms with van der Waals surface area (Å²) >= 11 is 0. The van der Waals surface area contributed by atoms with Gasteiger partial charge in [0, 0.05) is 0 Å². The lowest BCUT2D eigenvalue weighted by Gasteiger charge is -2.21. The minimum Gasteiger partial charge on any atom is -0.394 e. The van der Waals surface area contributed by atoms with Gasteiger partial charge in [-0.25, -0.2) is 0 Å². The van der Waals surface area contributed by atoms with Crippen molar-refractivity contribution in [2.45, 2.75) is 18.3 Å². The molecule has 0 heterocycles. The van der Waals surface area contributed by atoms with Gasteiger partial charge < -0.3 is 31.4 Å². The van der Waals surface area contributed by atoms with E-state index in [-0.39, 0.29) is 5.71 Å². The number of hydrogen-bond donors (Lipinski definition) is 6. The fourth-order valence-electron chi connectivity index (χ4n) is 0.726. The van der Waals surface area contributed by atoms with E-state index in [1.165, 1.54) is 0 Å². The molecule has 0 bridgehead atoms. The first-order chi connectivity index (χ1) is 6.08. The van der Waals surface area contributed by atoms with E-state index in [2.05, 4.69) is 5.10 Å². The third-order valence-corrected chi connectivity index (χ3v) is 1.57. The molecular weight excluding hydrogens is 180 g/mol. The monoisotopic (exact) mass is 194 g/mol. The van der Waals surface area contributed by atoms with Crippen molar-refractivity contribution in [3.05, 3.63) is 0 Å². The molecule has 7 heteroatoms. The largest absolute Gasteiger partial charge is 0.394 e. The van der Waals surface area contributed by atoms with E-state index in [0.29, 0.717) is 0 Å². The van der Waals surface area contributed by atoms with Gasteiger partial charge >= 0.3 is 0 Å². The highest BCUT2D eigenvalue weighted by Crippen LogP contribution is 2.01. The second-order valence-electron chi connectivity index (χ2n) is 2.46. The summed E-state index contributed by atoms with van der Waals surface area (Å²) in [5, 5.41) is 47.2. The predicted molar refractivity (Wildman–Crippen MR) is 43.8 cm³/mol. The van der Waals surface area contributed by atoms with E-state index in [0.717, 1.165) is 0 Å². The van der Waals surface area contributed by atoms with Crippen molar-refractivity contribution in [1.82, 2.24) is 0 Å². The zero-order valence-corrected chi connectivity index (χ0v) is 6.91. The Kier molecular flexibility index (Phi) is 5.51. The van der Waals surface area contributed by atoms with Crippen LogP contribution in [0.1, 0.15) is 0 Å². The van der Waals surface area contributed by atoms with Gasteiger partial charge in [-0.2, -0.15) is 5.10 Å². The molecule has 0 saturated carbocycles. The van der Waals surface area contributed by atoms with Crippen LogP contribution in [0.3, 0.4) is 0 Å². The molecule has 0 rings (SSSR count). The average Bonchev–Trinajstić information content (AvgIpc) is 2.17.